The molecule has 0 radical (unpaired) electrons. The highest BCUT2D eigenvalue weighted by molar-refractivity contribution is 5.94. The lowest BCUT2D eigenvalue weighted by Gasteiger charge is -2.30. The predicted octanol–water partition coefficient (Wildman–Crippen LogP) is -0.0212. The van der Waals surface area contributed by atoms with Crippen LogP contribution in [-0.2, 0) is 32.0 Å². The fourth-order valence-corrected chi connectivity index (χ4v) is 5.21. The van der Waals surface area contributed by atoms with E-state index in [2.05, 4.69) is 15.6 Å². The SMILES string of the molecule is CC1CC(C(=O)NC(CCCN=C(N)N)C(=O)O)N(C(=O)C(CCc2ccc(O)cc2)NC(=O)C(O)Cc2ccc(O)cc2)C1. The average Bonchev–Trinajstić information content (AvgIpc) is 3.39. The molecule has 3 amide bonds. The van der Waals surface area contributed by atoms with Crippen LogP contribution < -0.4 is 22.1 Å². The molecule has 2 aromatic carbocycles. The number of guanidine groups is 1. The largest absolute Gasteiger partial charge is 0.508 e. The van der Waals surface area contributed by atoms with Crippen LogP contribution in [0.3, 0.4) is 0 Å². The van der Waals surface area contributed by atoms with Crippen molar-refractivity contribution in [3.63, 3.8) is 0 Å². The zero-order chi connectivity index (χ0) is 33.1. The van der Waals surface area contributed by atoms with Gasteiger partial charge < -0.3 is 47.4 Å². The fourth-order valence-electron chi connectivity index (χ4n) is 5.21. The van der Waals surface area contributed by atoms with Gasteiger partial charge in [-0.15, -0.1) is 0 Å². The van der Waals surface area contributed by atoms with Crippen molar-refractivity contribution < 1.29 is 39.6 Å². The van der Waals surface area contributed by atoms with E-state index >= 15 is 0 Å². The molecule has 1 saturated heterocycles. The number of aryl methyl sites for hydroxylation is 1. The molecule has 1 aliphatic heterocycles. The number of aliphatic hydroxyl groups excluding tert-OH is 1. The third-order valence-corrected chi connectivity index (χ3v) is 7.60. The zero-order valence-corrected chi connectivity index (χ0v) is 25.1. The van der Waals surface area contributed by atoms with Crippen molar-refractivity contribution in [1.29, 1.82) is 0 Å². The number of aromatic hydroxyl groups is 2. The van der Waals surface area contributed by atoms with E-state index in [4.69, 9.17) is 11.5 Å². The molecule has 1 fully saturated rings. The van der Waals surface area contributed by atoms with Crippen LogP contribution in [0.1, 0.15) is 43.7 Å². The van der Waals surface area contributed by atoms with Crippen molar-refractivity contribution in [3.05, 3.63) is 59.7 Å². The molecule has 45 heavy (non-hydrogen) atoms. The molecule has 14 nitrogen and oxygen atoms in total. The summed E-state index contributed by atoms with van der Waals surface area (Å²) >= 11 is 0. The van der Waals surface area contributed by atoms with Crippen molar-refractivity contribution in [2.75, 3.05) is 13.1 Å². The van der Waals surface area contributed by atoms with Gasteiger partial charge in [0.2, 0.25) is 17.7 Å². The van der Waals surface area contributed by atoms with Crippen molar-refractivity contribution >= 4 is 29.7 Å². The van der Waals surface area contributed by atoms with Crippen LogP contribution in [0.2, 0.25) is 0 Å². The van der Waals surface area contributed by atoms with Gasteiger partial charge >= 0.3 is 5.97 Å². The zero-order valence-electron chi connectivity index (χ0n) is 25.1. The Hall–Kier alpha value is -4.85. The molecule has 0 spiro atoms. The number of rotatable bonds is 15. The van der Waals surface area contributed by atoms with E-state index < -0.39 is 47.9 Å². The standard InChI is InChI=1S/C31H42N6O8/c1-18-15-25(27(41)36-24(30(44)45)3-2-14-34-31(32)33)37(17-18)29(43)23(13-8-19-4-9-21(38)10-5-19)35-28(42)26(40)16-20-6-11-22(39)12-7-20/h4-7,9-12,18,23-26,38-40H,2-3,8,13-17H2,1H3,(H,35,42)(H,36,41)(H,44,45)(H4,32,33,34). The number of hydrogen-bond acceptors (Lipinski definition) is 8. The lowest BCUT2D eigenvalue weighted by atomic mass is 10.0. The number of phenols is 2. The minimum atomic E-state index is -1.50. The van der Waals surface area contributed by atoms with Crippen LogP contribution in [0.25, 0.3) is 0 Å². The van der Waals surface area contributed by atoms with E-state index in [1.54, 1.807) is 24.3 Å². The van der Waals surface area contributed by atoms with Crippen LogP contribution in [0.5, 0.6) is 11.5 Å². The van der Waals surface area contributed by atoms with Gasteiger partial charge in [-0.1, -0.05) is 31.2 Å². The second-order valence-corrected chi connectivity index (χ2v) is 11.3. The van der Waals surface area contributed by atoms with Crippen LogP contribution in [0, 0.1) is 5.92 Å². The van der Waals surface area contributed by atoms with E-state index in [0.717, 1.165) is 5.56 Å². The molecular formula is C31H42N6O8. The molecule has 5 unspecified atom stereocenters. The summed E-state index contributed by atoms with van der Waals surface area (Å²) in [6.45, 7) is 2.26. The number of aliphatic hydroxyl groups is 1. The van der Waals surface area contributed by atoms with Gasteiger partial charge in [-0.2, -0.15) is 0 Å². The smallest absolute Gasteiger partial charge is 0.326 e. The average molecular weight is 627 g/mol. The lowest BCUT2D eigenvalue weighted by Crippen LogP contribution is -2.56. The van der Waals surface area contributed by atoms with E-state index in [-0.39, 0.29) is 55.7 Å². The van der Waals surface area contributed by atoms with E-state index in [9.17, 15) is 39.6 Å². The Kier molecular flexibility index (Phi) is 12.5. The van der Waals surface area contributed by atoms with E-state index in [1.807, 2.05) is 6.92 Å². The number of carboxylic acid groups (broad SMARTS) is 1. The highest BCUT2D eigenvalue weighted by atomic mass is 16.4. The molecule has 14 heteroatoms. The van der Waals surface area contributed by atoms with Gasteiger partial charge in [-0.05, 0) is 73.4 Å². The maximum atomic E-state index is 14.0. The van der Waals surface area contributed by atoms with Gasteiger partial charge in [0.05, 0.1) is 0 Å². The molecule has 2 aromatic rings. The monoisotopic (exact) mass is 626 g/mol. The third kappa shape index (κ3) is 10.7. The van der Waals surface area contributed by atoms with Gasteiger partial charge in [0.25, 0.3) is 0 Å². The topological polar surface area (TPSA) is 241 Å². The fraction of sp³-hybridized carbons (Fsp3) is 0.452. The normalized spacial score (nSPS) is 18.0. The van der Waals surface area contributed by atoms with E-state index in [0.29, 0.717) is 24.8 Å². The van der Waals surface area contributed by atoms with Gasteiger partial charge in [0.1, 0.15) is 35.7 Å². The number of nitrogens with zero attached hydrogens (tertiary/aromatic N) is 2. The van der Waals surface area contributed by atoms with E-state index in [1.165, 1.54) is 29.2 Å². The second-order valence-electron chi connectivity index (χ2n) is 11.3. The number of nitrogens with two attached hydrogens (primary N) is 2. The quantitative estimate of drug-likeness (QED) is 0.0746. The summed E-state index contributed by atoms with van der Waals surface area (Å²) in [4.78, 5) is 57.4. The van der Waals surface area contributed by atoms with Gasteiger partial charge in [-0.25, -0.2) is 4.79 Å². The summed E-state index contributed by atoms with van der Waals surface area (Å²) in [7, 11) is 0. The summed E-state index contributed by atoms with van der Waals surface area (Å²) in [5, 5.41) is 44.6. The summed E-state index contributed by atoms with van der Waals surface area (Å²) < 4.78 is 0. The molecule has 244 valence electrons. The molecule has 1 aliphatic rings. The number of carbonyl (C=O) groups is 4. The summed E-state index contributed by atoms with van der Waals surface area (Å²) in [5.41, 5.74) is 12.0. The highest BCUT2D eigenvalue weighted by Crippen LogP contribution is 2.25. The Labute approximate surface area is 261 Å². The molecule has 0 bridgehead atoms. The summed E-state index contributed by atoms with van der Waals surface area (Å²) in [6, 6.07) is 9.08. The molecular weight excluding hydrogens is 584 g/mol. The van der Waals surface area contributed by atoms with Crippen LogP contribution >= 0.6 is 0 Å². The third-order valence-electron chi connectivity index (χ3n) is 7.60. The maximum Gasteiger partial charge on any atom is 0.326 e. The number of carbonyl (C=O) groups excluding carboxylic acids is 3. The van der Waals surface area contributed by atoms with Crippen LogP contribution in [-0.4, -0.2) is 92.3 Å². The first-order valence-corrected chi connectivity index (χ1v) is 14.8. The summed E-state index contributed by atoms with van der Waals surface area (Å²) in [5.74, 6) is -3.28. The number of benzene rings is 2. The van der Waals surface area contributed by atoms with Crippen molar-refractivity contribution in [2.24, 2.45) is 22.4 Å². The Morgan fingerprint density at radius 3 is 2.11 bits per heavy atom. The first-order valence-electron chi connectivity index (χ1n) is 14.8. The Balaban J connectivity index is 1.75. The van der Waals surface area contributed by atoms with Gasteiger partial charge in [-0.3, -0.25) is 19.4 Å². The molecule has 5 atom stereocenters. The Morgan fingerprint density at radius 1 is 0.933 bits per heavy atom. The maximum absolute atomic E-state index is 14.0. The minimum absolute atomic E-state index is 0.0386. The first-order chi connectivity index (χ1) is 21.3. The molecule has 1 heterocycles. The number of phenolic OH excluding ortho intramolecular Hbond substituents is 2. The number of aliphatic imine (C=N–C) groups is 1. The number of likely N-dealkylation sites (tertiary alicyclic amines) is 1. The molecule has 0 aromatic heterocycles. The molecule has 3 rings (SSSR count). The Morgan fingerprint density at radius 2 is 1.53 bits per heavy atom. The van der Waals surface area contributed by atoms with Crippen molar-refractivity contribution in [3.8, 4) is 11.5 Å². The number of hydrogen-bond donors (Lipinski definition) is 8. The number of carboxylic acids is 1. The second kappa shape index (κ2) is 16.3. The van der Waals surface area contributed by atoms with Gasteiger partial charge in [0, 0.05) is 19.5 Å². The minimum Gasteiger partial charge on any atom is -0.508 e. The predicted molar refractivity (Wildman–Crippen MR) is 165 cm³/mol. The molecule has 0 aliphatic carbocycles. The van der Waals surface area contributed by atoms with Crippen LogP contribution in [0.15, 0.2) is 53.5 Å². The highest BCUT2D eigenvalue weighted by Gasteiger charge is 2.41. The summed E-state index contributed by atoms with van der Waals surface area (Å²) in [6.07, 6.45) is -0.429. The van der Waals surface area contributed by atoms with Crippen LogP contribution in [0.4, 0.5) is 0 Å². The first kappa shape index (κ1) is 34.6. The Bertz CT molecular complexity index is 1350. The number of nitrogens with one attached hydrogen (secondary N) is 2. The molecule has 10 N–H and O–H groups in total. The number of amides is 3. The van der Waals surface area contributed by atoms with Crippen molar-refractivity contribution in [1.82, 2.24) is 15.5 Å². The van der Waals surface area contributed by atoms with Gasteiger partial charge in [0.15, 0.2) is 5.96 Å². The number of aliphatic carboxylic acids is 1. The lowest BCUT2D eigenvalue weighted by molar-refractivity contribution is -0.145. The molecule has 0 saturated carbocycles. The van der Waals surface area contributed by atoms with Crippen molar-refractivity contribution in [2.45, 2.75) is 69.7 Å².